The van der Waals surface area contributed by atoms with Crippen molar-refractivity contribution >= 4 is 0 Å². The van der Waals surface area contributed by atoms with Gasteiger partial charge in [-0.1, -0.05) is 38.1 Å². The monoisotopic (exact) mass is 258 g/mol. The van der Waals surface area contributed by atoms with Crippen LogP contribution in [0.1, 0.15) is 42.8 Å². The van der Waals surface area contributed by atoms with Crippen LogP contribution in [0.3, 0.4) is 0 Å². The highest BCUT2D eigenvalue weighted by molar-refractivity contribution is 5.25. The fourth-order valence-corrected chi connectivity index (χ4v) is 2.21. The Morgan fingerprint density at radius 1 is 1.26 bits per heavy atom. The van der Waals surface area contributed by atoms with E-state index in [4.69, 9.17) is 5.84 Å². The predicted molar refractivity (Wildman–Crippen MR) is 77.5 cm³/mol. The Bertz CT molecular complexity index is 513. The lowest BCUT2D eigenvalue weighted by atomic mass is 9.99. The molecule has 0 saturated heterocycles. The summed E-state index contributed by atoms with van der Waals surface area (Å²) < 4.78 is 1.99. The summed E-state index contributed by atoms with van der Waals surface area (Å²) in [6.07, 6.45) is 4.56. The Hall–Kier alpha value is -1.65. The molecular formula is C15H22N4. The molecule has 0 spiro atoms. The van der Waals surface area contributed by atoms with Crippen molar-refractivity contribution in [1.29, 1.82) is 0 Å². The Morgan fingerprint density at radius 2 is 1.95 bits per heavy atom. The lowest BCUT2D eigenvalue weighted by Gasteiger charge is -2.16. The number of nitrogens with one attached hydrogen (secondary N) is 1. The lowest BCUT2D eigenvalue weighted by Crippen LogP contribution is -2.31. The number of imidazole rings is 1. The van der Waals surface area contributed by atoms with Crippen molar-refractivity contribution in [2.24, 2.45) is 12.9 Å². The molecule has 0 amide bonds. The van der Waals surface area contributed by atoms with Crippen molar-refractivity contribution in [3.63, 3.8) is 0 Å². The second-order valence-corrected chi connectivity index (χ2v) is 5.22. The van der Waals surface area contributed by atoms with Crippen LogP contribution in [0.15, 0.2) is 36.7 Å². The average molecular weight is 258 g/mol. The molecule has 2 rings (SSSR count). The summed E-state index contributed by atoms with van der Waals surface area (Å²) in [6, 6.07) is 8.74. The molecule has 0 aliphatic heterocycles. The van der Waals surface area contributed by atoms with E-state index in [-0.39, 0.29) is 6.04 Å². The van der Waals surface area contributed by atoms with Gasteiger partial charge < -0.3 is 4.57 Å². The first-order chi connectivity index (χ1) is 9.11. The number of benzene rings is 1. The van der Waals surface area contributed by atoms with E-state index in [1.165, 1.54) is 11.1 Å². The van der Waals surface area contributed by atoms with Gasteiger partial charge in [0.25, 0.3) is 0 Å². The largest absolute Gasteiger partial charge is 0.337 e. The minimum atomic E-state index is 0.0323. The lowest BCUT2D eigenvalue weighted by molar-refractivity contribution is 0.507. The Balaban J connectivity index is 2.13. The zero-order valence-corrected chi connectivity index (χ0v) is 11.8. The van der Waals surface area contributed by atoms with Crippen molar-refractivity contribution < 1.29 is 0 Å². The minimum Gasteiger partial charge on any atom is -0.337 e. The van der Waals surface area contributed by atoms with E-state index in [1.54, 1.807) is 6.20 Å². The summed E-state index contributed by atoms with van der Waals surface area (Å²) in [5.41, 5.74) is 5.47. The summed E-state index contributed by atoms with van der Waals surface area (Å²) in [6.45, 7) is 4.40. The van der Waals surface area contributed by atoms with Gasteiger partial charge in [0, 0.05) is 19.4 Å². The van der Waals surface area contributed by atoms with Gasteiger partial charge in [0.2, 0.25) is 0 Å². The van der Waals surface area contributed by atoms with E-state index in [0.29, 0.717) is 5.92 Å². The SMILES string of the molecule is CC(C)c1ccc(CC(NN)c2nccn2C)cc1. The molecule has 1 aromatic heterocycles. The van der Waals surface area contributed by atoms with Crippen LogP contribution >= 0.6 is 0 Å². The van der Waals surface area contributed by atoms with Gasteiger partial charge in [0.05, 0.1) is 6.04 Å². The highest BCUT2D eigenvalue weighted by atomic mass is 15.3. The Morgan fingerprint density at radius 3 is 2.42 bits per heavy atom. The van der Waals surface area contributed by atoms with Crippen molar-refractivity contribution in [3.05, 3.63) is 53.6 Å². The van der Waals surface area contributed by atoms with Gasteiger partial charge in [-0.2, -0.15) is 0 Å². The van der Waals surface area contributed by atoms with E-state index in [9.17, 15) is 0 Å². The highest BCUT2D eigenvalue weighted by Crippen LogP contribution is 2.19. The fraction of sp³-hybridized carbons (Fsp3) is 0.400. The third kappa shape index (κ3) is 3.22. The molecule has 0 bridgehead atoms. The molecule has 1 heterocycles. The molecular weight excluding hydrogens is 236 g/mol. The fourth-order valence-electron chi connectivity index (χ4n) is 2.21. The van der Waals surface area contributed by atoms with Crippen molar-refractivity contribution in [2.45, 2.75) is 32.2 Å². The molecule has 0 fully saturated rings. The van der Waals surface area contributed by atoms with Crippen LogP contribution in [-0.2, 0) is 13.5 Å². The van der Waals surface area contributed by atoms with E-state index in [2.05, 4.69) is 48.5 Å². The second kappa shape index (κ2) is 5.99. The number of hydrogen-bond donors (Lipinski definition) is 2. The van der Waals surface area contributed by atoms with E-state index in [1.807, 2.05) is 17.8 Å². The van der Waals surface area contributed by atoms with Gasteiger partial charge in [0.1, 0.15) is 5.82 Å². The zero-order chi connectivity index (χ0) is 13.8. The van der Waals surface area contributed by atoms with E-state index in [0.717, 1.165) is 12.2 Å². The first kappa shape index (κ1) is 13.8. The molecule has 0 aliphatic carbocycles. The molecule has 4 heteroatoms. The molecule has 1 atom stereocenters. The Labute approximate surface area is 114 Å². The first-order valence-corrected chi connectivity index (χ1v) is 6.64. The van der Waals surface area contributed by atoms with Gasteiger partial charge >= 0.3 is 0 Å². The topological polar surface area (TPSA) is 55.9 Å². The summed E-state index contributed by atoms with van der Waals surface area (Å²) in [5, 5.41) is 0. The summed E-state index contributed by atoms with van der Waals surface area (Å²) in [4.78, 5) is 4.35. The maximum atomic E-state index is 5.66. The predicted octanol–water partition coefficient (Wildman–Crippen LogP) is 2.29. The maximum absolute atomic E-state index is 5.66. The molecule has 0 saturated carbocycles. The molecule has 102 valence electrons. The van der Waals surface area contributed by atoms with Gasteiger partial charge in [-0.25, -0.2) is 10.4 Å². The standard InChI is InChI=1S/C15H22N4/c1-11(2)13-6-4-12(5-7-13)10-14(18-16)15-17-8-9-19(15)3/h4-9,11,14,18H,10,16H2,1-3H3. The number of hydrogen-bond acceptors (Lipinski definition) is 3. The third-order valence-corrected chi connectivity index (χ3v) is 3.46. The van der Waals surface area contributed by atoms with Crippen LogP contribution in [-0.4, -0.2) is 9.55 Å². The van der Waals surface area contributed by atoms with E-state index < -0.39 is 0 Å². The molecule has 4 nitrogen and oxygen atoms in total. The number of nitrogens with two attached hydrogens (primary N) is 1. The minimum absolute atomic E-state index is 0.0323. The summed E-state index contributed by atoms with van der Waals surface area (Å²) in [5.74, 6) is 7.17. The van der Waals surface area contributed by atoms with Crippen LogP contribution < -0.4 is 11.3 Å². The van der Waals surface area contributed by atoms with Gasteiger partial charge in [-0.3, -0.25) is 5.84 Å². The summed E-state index contributed by atoms with van der Waals surface area (Å²) >= 11 is 0. The quantitative estimate of drug-likeness (QED) is 0.639. The molecule has 0 aliphatic rings. The van der Waals surface area contributed by atoms with Crippen molar-refractivity contribution in [1.82, 2.24) is 15.0 Å². The number of hydrazine groups is 1. The second-order valence-electron chi connectivity index (χ2n) is 5.22. The number of rotatable bonds is 5. The van der Waals surface area contributed by atoms with Crippen LogP contribution in [0.2, 0.25) is 0 Å². The number of aryl methyl sites for hydroxylation is 1. The highest BCUT2D eigenvalue weighted by Gasteiger charge is 2.14. The van der Waals surface area contributed by atoms with Gasteiger partial charge in [0.15, 0.2) is 0 Å². The van der Waals surface area contributed by atoms with Crippen molar-refractivity contribution in [3.8, 4) is 0 Å². The van der Waals surface area contributed by atoms with E-state index >= 15 is 0 Å². The van der Waals surface area contributed by atoms with Crippen molar-refractivity contribution in [2.75, 3.05) is 0 Å². The smallest absolute Gasteiger partial charge is 0.127 e. The third-order valence-electron chi connectivity index (χ3n) is 3.46. The average Bonchev–Trinajstić information content (AvgIpc) is 2.83. The summed E-state index contributed by atoms with van der Waals surface area (Å²) in [7, 11) is 1.98. The van der Waals surface area contributed by atoms with Crippen LogP contribution in [0.4, 0.5) is 0 Å². The zero-order valence-electron chi connectivity index (χ0n) is 11.8. The van der Waals surface area contributed by atoms with Gasteiger partial charge in [-0.05, 0) is 23.5 Å². The maximum Gasteiger partial charge on any atom is 0.127 e. The van der Waals surface area contributed by atoms with Crippen LogP contribution in [0.25, 0.3) is 0 Å². The van der Waals surface area contributed by atoms with Crippen LogP contribution in [0.5, 0.6) is 0 Å². The van der Waals surface area contributed by atoms with Crippen LogP contribution in [0, 0.1) is 0 Å². The molecule has 1 aromatic carbocycles. The molecule has 2 aromatic rings. The molecule has 0 radical (unpaired) electrons. The molecule has 19 heavy (non-hydrogen) atoms. The molecule has 1 unspecified atom stereocenters. The normalized spacial score (nSPS) is 12.9. The first-order valence-electron chi connectivity index (χ1n) is 6.64. The number of aromatic nitrogens is 2. The number of nitrogens with zero attached hydrogens (tertiary/aromatic N) is 2. The molecule has 3 N–H and O–H groups in total. The van der Waals surface area contributed by atoms with Gasteiger partial charge in [-0.15, -0.1) is 0 Å². The Kier molecular flexibility index (Phi) is 4.35.